The smallest absolute Gasteiger partial charge is 0.159 e. The number of nitrogens with zero attached hydrogens (tertiary/aromatic N) is 1. The van der Waals surface area contributed by atoms with Crippen molar-refractivity contribution in [2.24, 2.45) is 0 Å². The highest BCUT2D eigenvalue weighted by atomic mass is 19.2. The molecule has 1 aromatic rings. The van der Waals surface area contributed by atoms with Crippen molar-refractivity contribution in [1.29, 1.82) is 0 Å². The Kier molecular flexibility index (Phi) is 7.05. The van der Waals surface area contributed by atoms with Gasteiger partial charge in [0.05, 0.1) is 6.10 Å². The van der Waals surface area contributed by atoms with Crippen molar-refractivity contribution < 1.29 is 13.9 Å². The Hall–Kier alpha value is -1.04. The lowest BCUT2D eigenvalue weighted by molar-refractivity contribution is 0.125. The van der Waals surface area contributed by atoms with E-state index in [2.05, 4.69) is 10.2 Å². The maximum absolute atomic E-state index is 13.2. The predicted octanol–water partition coefficient (Wildman–Crippen LogP) is 2.32. The van der Waals surface area contributed by atoms with E-state index in [-0.39, 0.29) is 6.04 Å². The second-order valence-electron chi connectivity index (χ2n) is 5.24. The summed E-state index contributed by atoms with van der Waals surface area (Å²) in [6.45, 7) is 3.69. The van der Waals surface area contributed by atoms with Crippen LogP contribution in [0.3, 0.4) is 0 Å². The Balaban J connectivity index is 2.57. The highest BCUT2D eigenvalue weighted by Crippen LogP contribution is 2.21. The van der Waals surface area contributed by atoms with E-state index in [0.717, 1.165) is 31.6 Å². The molecule has 0 aromatic heterocycles. The van der Waals surface area contributed by atoms with Crippen LogP contribution in [0, 0.1) is 11.6 Å². The van der Waals surface area contributed by atoms with Gasteiger partial charge in [-0.05, 0) is 57.7 Å². The minimum Gasteiger partial charge on any atom is -0.387 e. The van der Waals surface area contributed by atoms with Crippen LogP contribution in [-0.4, -0.2) is 43.2 Å². The van der Waals surface area contributed by atoms with Gasteiger partial charge in [-0.2, -0.15) is 0 Å². The van der Waals surface area contributed by atoms with Gasteiger partial charge in [-0.25, -0.2) is 8.78 Å². The average molecular weight is 286 g/mol. The van der Waals surface area contributed by atoms with E-state index in [1.54, 1.807) is 0 Å². The fraction of sp³-hybridized carbons (Fsp3) is 0.600. The van der Waals surface area contributed by atoms with Crippen LogP contribution < -0.4 is 5.32 Å². The molecule has 3 nitrogen and oxygen atoms in total. The standard InChI is InChI=1S/C15H24F2N2O/c1-4-14(18-8-5-9-19(2)3)15(20)11-6-7-12(16)13(17)10-11/h6-7,10,14-15,18,20H,4-5,8-9H2,1-3H3. The molecule has 114 valence electrons. The molecule has 2 unspecified atom stereocenters. The van der Waals surface area contributed by atoms with E-state index >= 15 is 0 Å². The number of rotatable bonds is 8. The van der Waals surface area contributed by atoms with Crippen molar-refractivity contribution in [2.75, 3.05) is 27.2 Å². The number of nitrogens with one attached hydrogen (secondary N) is 1. The topological polar surface area (TPSA) is 35.5 Å². The summed E-state index contributed by atoms with van der Waals surface area (Å²) in [6.07, 6.45) is 0.838. The molecule has 0 fully saturated rings. The molecule has 1 aromatic carbocycles. The largest absolute Gasteiger partial charge is 0.387 e. The van der Waals surface area contributed by atoms with Crippen LogP contribution in [0.4, 0.5) is 8.78 Å². The summed E-state index contributed by atoms with van der Waals surface area (Å²) in [7, 11) is 4.01. The Morgan fingerprint density at radius 1 is 1.25 bits per heavy atom. The number of hydrogen-bond acceptors (Lipinski definition) is 3. The molecular weight excluding hydrogens is 262 g/mol. The van der Waals surface area contributed by atoms with Crippen molar-refractivity contribution in [3.05, 3.63) is 35.4 Å². The first-order valence-electron chi connectivity index (χ1n) is 6.96. The molecule has 0 saturated carbocycles. The molecule has 0 aliphatic heterocycles. The zero-order chi connectivity index (χ0) is 15.1. The van der Waals surface area contributed by atoms with E-state index in [1.807, 2.05) is 21.0 Å². The van der Waals surface area contributed by atoms with Gasteiger partial charge >= 0.3 is 0 Å². The van der Waals surface area contributed by atoms with Gasteiger partial charge in [0.15, 0.2) is 11.6 Å². The third kappa shape index (κ3) is 5.15. The highest BCUT2D eigenvalue weighted by Gasteiger charge is 2.19. The molecule has 0 amide bonds. The van der Waals surface area contributed by atoms with Gasteiger partial charge in [0.2, 0.25) is 0 Å². The fourth-order valence-corrected chi connectivity index (χ4v) is 2.09. The molecule has 5 heteroatoms. The molecule has 0 aliphatic carbocycles. The summed E-state index contributed by atoms with van der Waals surface area (Å²) < 4.78 is 26.1. The average Bonchev–Trinajstić information content (AvgIpc) is 2.41. The van der Waals surface area contributed by atoms with Crippen LogP contribution in [0.2, 0.25) is 0 Å². The summed E-state index contributed by atoms with van der Waals surface area (Å²) in [5, 5.41) is 13.5. The molecule has 2 N–H and O–H groups in total. The number of halogens is 2. The van der Waals surface area contributed by atoms with Crippen molar-refractivity contribution in [2.45, 2.75) is 31.9 Å². The lowest BCUT2D eigenvalue weighted by Gasteiger charge is -2.24. The summed E-state index contributed by atoms with van der Waals surface area (Å²) >= 11 is 0. The minimum atomic E-state index is -0.927. The first kappa shape index (κ1) is 17.0. The van der Waals surface area contributed by atoms with Gasteiger partial charge in [-0.1, -0.05) is 13.0 Å². The Labute approximate surface area is 119 Å². The molecule has 0 bridgehead atoms. The first-order valence-corrected chi connectivity index (χ1v) is 6.96. The van der Waals surface area contributed by atoms with Gasteiger partial charge in [0.1, 0.15) is 0 Å². The number of hydrogen-bond donors (Lipinski definition) is 2. The van der Waals surface area contributed by atoms with Gasteiger partial charge in [-0.3, -0.25) is 0 Å². The zero-order valence-electron chi connectivity index (χ0n) is 12.4. The lowest BCUT2D eigenvalue weighted by Crippen LogP contribution is -2.36. The monoisotopic (exact) mass is 286 g/mol. The van der Waals surface area contributed by atoms with Crippen molar-refractivity contribution in [3.8, 4) is 0 Å². The third-order valence-corrected chi connectivity index (χ3v) is 3.29. The molecular formula is C15H24F2N2O. The van der Waals surface area contributed by atoms with E-state index in [4.69, 9.17) is 0 Å². The summed E-state index contributed by atoms with van der Waals surface area (Å²) in [5.41, 5.74) is 0.399. The Morgan fingerprint density at radius 2 is 1.95 bits per heavy atom. The summed E-state index contributed by atoms with van der Waals surface area (Å²) in [5.74, 6) is -1.82. The fourth-order valence-electron chi connectivity index (χ4n) is 2.09. The van der Waals surface area contributed by atoms with Crippen LogP contribution in [0.25, 0.3) is 0 Å². The van der Waals surface area contributed by atoms with Crippen LogP contribution >= 0.6 is 0 Å². The number of benzene rings is 1. The third-order valence-electron chi connectivity index (χ3n) is 3.29. The van der Waals surface area contributed by atoms with Crippen molar-refractivity contribution in [1.82, 2.24) is 10.2 Å². The van der Waals surface area contributed by atoms with E-state index in [9.17, 15) is 13.9 Å². The molecule has 0 aliphatic rings. The maximum Gasteiger partial charge on any atom is 0.159 e. The van der Waals surface area contributed by atoms with Gasteiger partial charge < -0.3 is 15.3 Å². The van der Waals surface area contributed by atoms with Gasteiger partial charge in [0.25, 0.3) is 0 Å². The van der Waals surface area contributed by atoms with Crippen LogP contribution in [0.5, 0.6) is 0 Å². The second-order valence-corrected chi connectivity index (χ2v) is 5.24. The molecule has 1 rings (SSSR count). The van der Waals surface area contributed by atoms with Gasteiger partial charge in [-0.15, -0.1) is 0 Å². The van der Waals surface area contributed by atoms with Crippen LogP contribution in [0.1, 0.15) is 31.4 Å². The van der Waals surface area contributed by atoms with Crippen molar-refractivity contribution >= 4 is 0 Å². The lowest BCUT2D eigenvalue weighted by atomic mass is 10.00. The SMILES string of the molecule is CCC(NCCCN(C)C)C(O)c1ccc(F)c(F)c1. The predicted molar refractivity (Wildman–Crippen MR) is 76.6 cm³/mol. The highest BCUT2D eigenvalue weighted by molar-refractivity contribution is 5.21. The molecule has 20 heavy (non-hydrogen) atoms. The second kappa shape index (κ2) is 8.29. The maximum atomic E-state index is 13.2. The molecule has 0 radical (unpaired) electrons. The first-order chi connectivity index (χ1) is 9.45. The minimum absolute atomic E-state index is 0.165. The Morgan fingerprint density at radius 3 is 2.50 bits per heavy atom. The summed E-state index contributed by atoms with van der Waals surface area (Å²) in [6, 6.07) is 3.37. The quantitative estimate of drug-likeness (QED) is 0.720. The van der Waals surface area contributed by atoms with Crippen LogP contribution in [-0.2, 0) is 0 Å². The van der Waals surface area contributed by atoms with Crippen LogP contribution in [0.15, 0.2) is 18.2 Å². The van der Waals surface area contributed by atoms with Crippen molar-refractivity contribution in [3.63, 3.8) is 0 Å². The molecule has 0 saturated heterocycles. The normalized spacial score (nSPS) is 14.6. The number of aliphatic hydroxyl groups excluding tert-OH is 1. The van der Waals surface area contributed by atoms with E-state index in [1.165, 1.54) is 6.07 Å². The van der Waals surface area contributed by atoms with Gasteiger partial charge in [0, 0.05) is 6.04 Å². The van der Waals surface area contributed by atoms with E-state index in [0.29, 0.717) is 12.0 Å². The Bertz CT molecular complexity index is 413. The summed E-state index contributed by atoms with van der Waals surface area (Å²) in [4.78, 5) is 2.09. The number of aliphatic hydroxyl groups is 1. The molecule has 0 heterocycles. The van der Waals surface area contributed by atoms with E-state index < -0.39 is 17.7 Å². The molecule has 2 atom stereocenters. The zero-order valence-corrected chi connectivity index (χ0v) is 12.4. The molecule has 0 spiro atoms.